The molecule has 2 atom stereocenters. The zero-order chi connectivity index (χ0) is 53.1. The van der Waals surface area contributed by atoms with Crippen LogP contribution in [0.25, 0.3) is 0 Å². The Morgan fingerprint density at radius 3 is 1.12 bits per heavy atom. The van der Waals surface area contributed by atoms with Crippen LogP contribution in [0.4, 0.5) is 0 Å². The average Bonchev–Trinajstić information content (AvgIpc) is 3.38. The standard InChI is InChI=1S/C63H114NO8P/c1-3-5-7-9-11-13-15-17-19-21-23-25-26-27-28-29-30-31-32-33-34-36-37-39-41-43-45-47-49-51-53-55-62(65)69-59-61(60-71-73(67,68)70-58-57-64)72-63(66)56-54-52-50-48-46-44-42-40-38-35-24-22-20-18-16-14-12-10-8-6-4-2/h6,8,12,14-15,17-18,20-21,23-24,35,61H,3-5,7,9-11,13,16,19,22,25-34,36-60,64H2,1-2H3,(H,67,68)/b8-6-,14-12-,17-15-,20-18-,23-21-,35-24-. The maximum absolute atomic E-state index is 12.7. The van der Waals surface area contributed by atoms with Crippen LogP contribution in [-0.4, -0.2) is 49.3 Å². The van der Waals surface area contributed by atoms with Gasteiger partial charge in [0.1, 0.15) is 6.61 Å². The number of hydrogen-bond acceptors (Lipinski definition) is 8. The van der Waals surface area contributed by atoms with Gasteiger partial charge < -0.3 is 20.1 Å². The molecule has 0 saturated carbocycles. The molecular weight excluding hydrogens is 930 g/mol. The van der Waals surface area contributed by atoms with Crippen LogP contribution in [-0.2, 0) is 32.7 Å². The van der Waals surface area contributed by atoms with Gasteiger partial charge in [-0.15, -0.1) is 0 Å². The number of phosphoric ester groups is 1. The molecule has 0 aromatic heterocycles. The SMILES string of the molecule is CC/C=C\C/C=C\C/C=C\C/C=C\CCCCCCCCCCC(=O)OC(COC(=O)CCCCCCCCCCCCCCCCCCCCC/C=C\C/C=C\CCCCCCC)COP(=O)(O)OCCN. The lowest BCUT2D eigenvalue weighted by Crippen LogP contribution is -2.29. The molecule has 0 aromatic rings. The van der Waals surface area contributed by atoms with Gasteiger partial charge in [0.25, 0.3) is 0 Å². The Morgan fingerprint density at radius 2 is 0.753 bits per heavy atom. The van der Waals surface area contributed by atoms with Gasteiger partial charge in [-0.3, -0.25) is 18.6 Å². The van der Waals surface area contributed by atoms with Crippen LogP contribution >= 0.6 is 7.82 Å². The van der Waals surface area contributed by atoms with E-state index in [9.17, 15) is 19.0 Å². The van der Waals surface area contributed by atoms with Crippen molar-refractivity contribution >= 4 is 19.8 Å². The summed E-state index contributed by atoms with van der Waals surface area (Å²) in [6, 6.07) is 0. The molecule has 10 heteroatoms. The number of ether oxygens (including phenoxy) is 2. The summed E-state index contributed by atoms with van der Waals surface area (Å²) >= 11 is 0. The van der Waals surface area contributed by atoms with Crippen LogP contribution < -0.4 is 5.73 Å². The molecule has 0 radical (unpaired) electrons. The lowest BCUT2D eigenvalue weighted by Gasteiger charge is -2.19. The van der Waals surface area contributed by atoms with Crippen molar-refractivity contribution in [3.63, 3.8) is 0 Å². The van der Waals surface area contributed by atoms with Gasteiger partial charge >= 0.3 is 19.8 Å². The highest BCUT2D eigenvalue weighted by molar-refractivity contribution is 7.47. The number of carbonyl (C=O) groups is 2. The van der Waals surface area contributed by atoms with E-state index in [0.29, 0.717) is 6.42 Å². The highest BCUT2D eigenvalue weighted by Gasteiger charge is 2.26. The normalized spacial score (nSPS) is 13.5. The molecule has 0 fully saturated rings. The van der Waals surface area contributed by atoms with E-state index in [1.807, 2.05) is 0 Å². The van der Waals surface area contributed by atoms with E-state index in [2.05, 4.69) is 86.8 Å². The second kappa shape index (κ2) is 58.7. The third-order valence-corrected chi connectivity index (χ3v) is 14.1. The topological polar surface area (TPSA) is 134 Å². The van der Waals surface area contributed by atoms with Gasteiger partial charge in [0, 0.05) is 19.4 Å². The molecule has 0 heterocycles. The van der Waals surface area contributed by atoms with Gasteiger partial charge in [0.15, 0.2) is 6.10 Å². The summed E-state index contributed by atoms with van der Waals surface area (Å²) < 4.78 is 33.1. The minimum Gasteiger partial charge on any atom is -0.462 e. The summed E-state index contributed by atoms with van der Waals surface area (Å²) in [5.74, 6) is -0.829. The lowest BCUT2D eigenvalue weighted by molar-refractivity contribution is -0.161. The largest absolute Gasteiger partial charge is 0.472 e. The summed E-state index contributed by atoms with van der Waals surface area (Å²) in [4.78, 5) is 35.2. The van der Waals surface area contributed by atoms with Crippen molar-refractivity contribution in [1.29, 1.82) is 0 Å². The van der Waals surface area contributed by atoms with Crippen LogP contribution in [0.1, 0.15) is 284 Å². The van der Waals surface area contributed by atoms with Gasteiger partial charge in [-0.1, -0.05) is 260 Å². The summed E-state index contributed by atoms with van der Waals surface area (Å²) in [6.45, 7) is 3.64. The quantitative estimate of drug-likeness (QED) is 0.0264. The number of unbranched alkanes of at least 4 members (excludes halogenated alkanes) is 32. The molecule has 0 aromatic carbocycles. The first-order valence-electron chi connectivity index (χ1n) is 30.4. The molecule has 0 spiro atoms. The third kappa shape index (κ3) is 58.6. The fourth-order valence-corrected chi connectivity index (χ4v) is 9.37. The van der Waals surface area contributed by atoms with Crippen molar-refractivity contribution < 1.29 is 37.6 Å². The molecule has 0 aliphatic heterocycles. The van der Waals surface area contributed by atoms with Gasteiger partial charge in [-0.25, -0.2) is 4.57 Å². The van der Waals surface area contributed by atoms with Crippen LogP contribution in [0.15, 0.2) is 72.9 Å². The smallest absolute Gasteiger partial charge is 0.462 e. The second-order valence-corrected chi connectivity index (χ2v) is 21.6. The van der Waals surface area contributed by atoms with Crippen LogP contribution in [0.3, 0.4) is 0 Å². The molecule has 0 aliphatic rings. The molecule has 0 bridgehead atoms. The molecule has 0 rings (SSSR count). The molecule has 3 N–H and O–H groups in total. The minimum atomic E-state index is -4.39. The Bertz CT molecular complexity index is 1420. The van der Waals surface area contributed by atoms with E-state index in [4.69, 9.17) is 24.3 Å². The highest BCUT2D eigenvalue weighted by Crippen LogP contribution is 2.43. The first-order valence-corrected chi connectivity index (χ1v) is 31.9. The Hall–Kier alpha value is -2.55. The van der Waals surface area contributed by atoms with E-state index < -0.39 is 26.5 Å². The Kier molecular flexibility index (Phi) is 56.7. The van der Waals surface area contributed by atoms with Gasteiger partial charge in [0.05, 0.1) is 13.2 Å². The molecule has 0 amide bonds. The Morgan fingerprint density at radius 1 is 0.425 bits per heavy atom. The number of phosphoric acid groups is 1. The Labute approximate surface area is 450 Å². The van der Waals surface area contributed by atoms with Crippen molar-refractivity contribution in [2.24, 2.45) is 5.73 Å². The highest BCUT2D eigenvalue weighted by atomic mass is 31.2. The molecule has 0 aliphatic carbocycles. The summed E-state index contributed by atoms with van der Waals surface area (Å²) in [7, 11) is -4.39. The average molecular weight is 1040 g/mol. The van der Waals surface area contributed by atoms with Crippen molar-refractivity contribution in [3.8, 4) is 0 Å². The second-order valence-electron chi connectivity index (χ2n) is 20.2. The van der Waals surface area contributed by atoms with E-state index in [1.54, 1.807) is 0 Å². The number of hydrogen-bond donors (Lipinski definition) is 2. The lowest BCUT2D eigenvalue weighted by atomic mass is 10.0. The predicted octanol–water partition coefficient (Wildman–Crippen LogP) is 19.3. The molecule has 9 nitrogen and oxygen atoms in total. The van der Waals surface area contributed by atoms with Crippen LogP contribution in [0, 0.1) is 0 Å². The third-order valence-electron chi connectivity index (χ3n) is 13.1. The first-order chi connectivity index (χ1) is 35.8. The van der Waals surface area contributed by atoms with E-state index >= 15 is 0 Å². The number of rotatable bonds is 57. The summed E-state index contributed by atoms with van der Waals surface area (Å²) in [5, 5.41) is 0. The van der Waals surface area contributed by atoms with E-state index in [-0.39, 0.29) is 38.6 Å². The zero-order valence-electron chi connectivity index (χ0n) is 47.4. The zero-order valence-corrected chi connectivity index (χ0v) is 48.3. The molecular formula is C63H114NO8P. The molecule has 2 unspecified atom stereocenters. The fraction of sp³-hybridized carbons (Fsp3) is 0.778. The maximum atomic E-state index is 12.7. The monoisotopic (exact) mass is 1040 g/mol. The van der Waals surface area contributed by atoms with Crippen molar-refractivity contribution in [3.05, 3.63) is 72.9 Å². The van der Waals surface area contributed by atoms with Crippen LogP contribution in [0.5, 0.6) is 0 Å². The Balaban J connectivity index is 3.91. The molecule has 424 valence electrons. The fourth-order valence-electron chi connectivity index (χ4n) is 8.60. The van der Waals surface area contributed by atoms with Crippen molar-refractivity contribution in [1.82, 2.24) is 0 Å². The van der Waals surface area contributed by atoms with E-state index in [1.165, 1.54) is 173 Å². The van der Waals surface area contributed by atoms with Gasteiger partial charge in [-0.05, 0) is 83.5 Å². The first kappa shape index (κ1) is 70.5. The van der Waals surface area contributed by atoms with Gasteiger partial charge in [-0.2, -0.15) is 0 Å². The van der Waals surface area contributed by atoms with Gasteiger partial charge in [0.2, 0.25) is 0 Å². The van der Waals surface area contributed by atoms with Crippen molar-refractivity contribution in [2.75, 3.05) is 26.4 Å². The number of carbonyl (C=O) groups excluding carboxylic acids is 2. The van der Waals surface area contributed by atoms with E-state index in [0.717, 1.165) is 77.0 Å². The predicted molar refractivity (Wildman–Crippen MR) is 312 cm³/mol. The maximum Gasteiger partial charge on any atom is 0.472 e. The number of esters is 2. The summed E-state index contributed by atoms with van der Waals surface area (Å²) in [6.07, 6.45) is 75.4. The number of allylic oxidation sites excluding steroid dienone is 12. The van der Waals surface area contributed by atoms with Crippen molar-refractivity contribution in [2.45, 2.75) is 290 Å². The molecule has 0 saturated heterocycles. The summed E-state index contributed by atoms with van der Waals surface area (Å²) in [5.41, 5.74) is 5.38. The number of nitrogens with two attached hydrogens (primary N) is 1. The van der Waals surface area contributed by atoms with Crippen LogP contribution in [0.2, 0.25) is 0 Å². The minimum absolute atomic E-state index is 0.0502. The molecule has 73 heavy (non-hydrogen) atoms.